The van der Waals surface area contributed by atoms with E-state index in [4.69, 9.17) is 4.74 Å². The molecule has 0 unspecified atom stereocenters. The van der Waals surface area contributed by atoms with Gasteiger partial charge in [-0.25, -0.2) is 4.68 Å². The van der Waals surface area contributed by atoms with Crippen LogP contribution in [0.25, 0.3) is 10.8 Å². The second-order valence-electron chi connectivity index (χ2n) is 6.39. The van der Waals surface area contributed by atoms with Crippen molar-refractivity contribution in [2.24, 2.45) is 0 Å². The minimum atomic E-state index is -0.146. The maximum atomic E-state index is 13.1. The van der Waals surface area contributed by atoms with Gasteiger partial charge in [0.2, 0.25) is 0 Å². The van der Waals surface area contributed by atoms with E-state index in [1.807, 2.05) is 32.9 Å². The molecule has 1 saturated heterocycles. The zero-order chi connectivity index (χ0) is 17.3. The van der Waals surface area contributed by atoms with Gasteiger partial charge in [0.15, 0.2) is 5.69 Å². The number of aryl methyl sites for hydroxylation is 1. The molecule has 3 rings (SSSR count). The summed E-state index contributed by atoms with van der Waals surface area (Å²) in [6.07, 6.45) is 0.765. The van der Waals surface area contributed by atoms with Crippen LogP contribution in [0, 0.1) is 0 Å². The predicted octanol–water partition coefficient (Wildman–Crippen LogP) is 2.06. The summed E-state index contributed by atoms with van der Waals surface area (Å²) in [5.74, 6) is -0.141. The van der Waals surface area contributed by atoms with Gasteiger partial charge in [-0.15, -0.1) is 0 Å². The average Bonchev–Trinajstić information content (AvgIpc) is 2.56. The maximum Gasteiger partial charge on any atom is 0.275 e. The third-order valence-corrected chi connectivity index (χ3v) is 4.21. The van der Waals surface area contributed by atoms with Gasteiger partial charge in [-0.2, -0.15) is 5.10 Å². The number of hydrogen-bond acceptors (Lipinski definition) is 4. The van der Waals surface area contributed by atoms with Crippen LogP contribution in [0.3, 0.4) is 0 Å². The van der Waals surface area contributed by atoms with E-state index < -0.39 is 0 Å². The zero-order valence-corrected chi connectivity index (χ0v) is 14.4. The highest BCUT2D eigenvalue weighted by atomic mass is 16.5. The van der Waals surface area contributed by atoms with Gasteiger partial charge >= 0.3 is 0 Å². The summed E-state index contributed by atoms with van der Waals surface area (Å²) in [6.45, 7) is 7.47. The molecule has 2 atom stereocenters. The molecule has 0 N–H and O–H groups in total. The van der Waals surface area contributed by atoms with Crippen LogP contribution in [-0.2, 0) is 11.3 Å². The Morgan fingerprint density at radius 2 is 1.83 bits per heavy atom. The molecule has 1 aliphatic heterocycles. The van der Waals surface area contributed by atoms with Crippen molar-refractivity contribution in [2.75, 3.05) is 13.1 Å². The van der Waals surface area contributed by atoms with E-state index in [1.165, 1.54) is 4.68 Å². The molecule has 128 valence electrons. The monoisotopic (exact) mass is 329 g/mol. The van der Waals surface area contributed by atoms with Crippen molar-refractivity contribution < 1.29 is 9.53 Å². The Morgan fingerprint density at radius 3 is 2.46 bits per heavy atom. The first kappa shape index (κ1) is 16.6. The number of carbonyl (C=O) groups excluding carboxylic acids is 1. The van der Waals surface area contributed by atoms with E-state index in [2.05, 4.69) is 5.10 Å². The Hall–Kier alpha value is -2.21. The first-order valence-electron chi connectivity index (χ1n) is 8.45. The summed E-state index contributed by atoms with van der Waals surface area (Å²) in [7, 11) is 0. The Labute approximate surface area is 141 Å². The summed E-state index contributed by atoms with van der Waals surface area (Å²) >= 11 is 0. The highest BCUT2D eigenvalue weighted by molar-refractivity contribution is 6.04. The van der Waals surface area contributed by atoms with Crippen molar-refractivity contribution >= 4 is 16.7 Å². The predicted molar refractivity (Wildman–Crippen MR) is 92.2 cm³/mol. The molecular formula is C18H23N3O3. The van der Waals surface area contributed by atoms with Crippen molar-refractivity contribution in [1.29, 1.82) is 0 Å². The number of nitrogens with zero attached hydrogens (tertiary/aromatic N) is 3. The maximum absolute atomic E-state index is 13.1. The number of amides is 1. The molecule has 1 aromatic heterocycles. The van der Waals surface area contributed by atoms with E-state index in [-0.39, 0.29) is 23.7 Å². The summed E-state index contributed by atoms with van der Waals surface area (Å²) in [4.78, 5) is 27.4. The Balaban J connectivity index is 2.09. The smallest absolute Gasteiger partial charge is 0.275 e. The van der Waals surface area contributed by atoms with Crippen LogP contribution < -0.4 is 5.56 Å². The fourth-order valence-electron chi connectivity index (χ4n) is 3.25. The molecule has 0 bridgehead atoms. The summed E-state index contributed by atoms with van der Waals surface area (Å²) in [5, 5.41) is 5.55. The lowest BCUT2D eigenvalue weighted by molar-refractivity contribution is -0.0587. The molecule has 6 heteroatoms. The van der Waals surface area contributed by atoms with Crippen LogP contribution in [-0.4, -0.2) is 45.9 Å². The van der Waals surface area contributed by atoms with Gasteiger partial charge in [0.25, 0.3) is 11.5 Å². The van der Waals surface area contributed by atoms with E-state index in [1.54, 1.807) is 17.0 Å². The molecule has 2 aromatic rings. The molecular weight excluding hydrogens is 306 g/mol. The molecule has 0 radical (unpaired) electrons. The molecule has 1 aromatic carbocycles. The molecule has 0 saturated carbocycles. The van der Waals surface area contributed by atoms with Crippen molar-refractivity contribution in [3.05, 3.63) is 40.3 Å². The minimum Gasteiger partial charge on any atom is -0.372 e. The van der Waals surface area contributed by atoms with Crippen molar-refractivity contribution in [1.82, 2.24) is 14.7 Å². The molecule has 1 fully saturated rings. The standard InChI is InChI=1S/C18H23N3O3/c1-4-9-21-17(22)15-8-6-5-7-14(15)16(19-21)18(23)20-10-12(2)24-13(3)11-20/h5-8,12-13H,4,9-11H2,1-3H3/t12-,13-/m0/s1. The number of carbonyl (C=O) groups is 1. The summed E-state index contributed by atoms with van der Waals surface area (Å²) < 4.78 is 7.11. The van der Waals surface area contributed by atoms with Gasteiger partial charge in [0, 0.05) is 25.0 Å². The molecule has 1 amide bonds. The van der Waals surface area contributed by atoms with Crippen LogP contribution in [0.4, 0.5) is 0 Å². The van der Waals surface area contributed by atoms with Crippen molar-refractivity contribution in [3.8, 4) is 0 Å². The number of rotatable bonds is 3. The van der Waals surface area contributed by atoms with Gasteiger partial charge in [0.1, 0.15) is 0 Å². The molecule has 2 heterocycles. The molecule has 24 heavy (non-hydrogen) atoms. The van der Waals surface area contributed by atoms with Gasteiger partial charge < -0.3 is 9.64 Å². The molecule has 0 spiro atoms. The SMILES string of the molecule is CCCn1nc(C(=O)N2C[C@H](C)O[C@@H](C)C2)c2ccccc2c1=O. The number of benzene rings is 1. The highest BCUT2D eigenvalue weighted by Crippen LogP contribution is 2.18. The quantitative estimate of drug-likeness (QED) is 0.864. The van der Waals surface area contributed by atoms with Crippen LogP contribution in [0.15, 0.2) is 29.1 Å². The van der Waals surface area contributed by atoms with Gasteiger partial charge in [-0.3, -0.25) is 9.59 Å². The first-order chi connectivity index (χ1) is 11.5. The largest absolute Gasteiger partial charge is 0.372 e. The Kier molecular flexibility index (Phi) is 4.66. The molecule has 6 nitrogen and oxygen atoms in total. The topological polar surface area (TPSA) is 64.4 Å². The highest BCUT2D eigenvalue weighted by Gasteiger charge is 2.29. The average molecular weight is 329 g/mol. The Morgan fingerprint density at radius 1 is 1.21 bits per heavy atom. The van der Waals surface area contributed by atoms with E-state index in [0.717, 1.165) is 6.42 Å². The lowest BCUT2D eigenvalue weighted by atomic mass is 10.1. The van der Waals surface area contributed by atoms with Crippen molar-refractivity contribution in [2.45, 2.75) is 45.9 Å². The third kappa shape index (κ3) is 3.06. The zero-order valence-electron chi connectivity index (χ0n) is 14.4. The van der Waals surface area contributed by atoms with E-state index in [9.17, 15) is 9.59 Å². The normalized spacial score (nSPS) is 21.2. The van der Waals surface area contributed by atoms with Crippen LogP contribution >= 0.6 is 0 Å². The number of ether oxygens (including phenoxy) is 1. The second-order valence-corrected chi connectivity index (χ2v) is 6.39. The number of fused-ring (bicyclic) bond motifs is 1. The van der Waals surface area contributed by atoms with Gasteiger partial charge in [-0.05, 0) is 26.3 Å². The second kappa shape index (κ2) is 6.73. The van der Waals surface area contributed by atoms with Gasteiger partial charge in [0.05, 0.1) is 17.6 Å². The van der Waals surface area contributed by atoms with Gasteiger partial charge in [-0.1, -0.05) is 25.1 Å². The van der Waals surface area contributed by atoms with E-state index >= 15 is 0 Å². The summed E-state index contributed by atoms with van der Waals surface area (Å²) in [6, 6.07) is 7.19. The lowest BCUT2D eigenvalue weighted by Crippen LogP contribution is -2.48. The lowest BCUT2D eigenvalue weighted by Gasteiger charge is -2.35. The molecule has 0 aliphatic carbocycles. The molecule has 1 aliphatic rings. The number of morpholine rings is 1. The van der Waals surface area contributed by atoms with Crippen LogP contribution in [0.5, 0.6) is 0 Å². The third-order valence-electron chi connectivity index (χ3n) is 4.21. The van der Waals surface area contributed by atoms with Crippen LogP contribution in [0.1, 0.15) is 37.7 Å². The Bertz CT molecular complexity index is 805. The summed E-state index contributed by atoms with van der Waals surface area (Å²) in [5.41, 5.74) is 0.202. The van der Waals surface area contributed by atoms with E-state index in [0.29, 0.717) is 36.1 Å². The fraction of sp³-hybridized carbons (Fsp3) is 0.500. The van der Waals surface area contributed by atoms with Crippen LogP contribution in [0.2, 0.25) is 0 Å². The fourth-order valence-corrected chi connectivity index (χ4v) is 3.25. The first-order valence-corrected chi connectivity index (χ1v) is 8.45. The number of hydrogen-bond donors (Lipinski definition) is 0. The van der Waals surface area contributed by atoms with Crippen molar-refractivity contribution in [3.63, 3.8) is 0 Å². The number of aromatic nitrogens is 2. The minimum absolute atomic E-state index is 0.00879.